The predicted molar refractivity (Wildman–Crippen MR) is 154 cm³/mol. The van der Waals surface area contributed by atoms with E-state index >= 15 is 0 Å². The number of likely N-dealkylation sites (N-methyl/N-ethyl adjacent to an activating group) is 1. The summed E-state index contributed by atoms with van der Waals surface area (Å²) in [5, 5.41) is 4.23. The van der Waals surface area contributed by atoms with Crippen LogP contribution < -0.4 is 5.32 Å². The molecule has 0 spiro atoms. The van der Waals surface area contributed by atoms with Crippen LogP contribution in [0.15, 0.2) is 72.8 Å². The van der Waals surface area contributed by atoms with Crippen LogP contribution in [-0.2, 0) is 17.6 Å². The van der Waals surface area contributed by atoms with Gasteiger partial charge in [-0.2, -0.15) is 0 Å². The summed E-state index contributed by atoms with van der Waals surface area (Å²) in [6.45, 7) is 6.34. The van der Waals surface area contributed by atoms with Gasteiger partial charge in [0.25, 0.3) is 5.91 Å². The van der Waals surface area contributed by atoms with E-state index in [1.807, 2.05) is 38.8 Å². The molecular weight excluding hydrogens is 486 g/mol. The molecule has 0 unspecified atom stereocenters. The van der Waals surface area contributed by atoms with Crippen LogP contribution in [0.1, 0.15) is 55.2 Å². The van der Waals surface area contributed by atoms with Crippen molar-refractivity contribution in [2.75, 3.05) is 13.6 Å². The maximum atomic E-state index is 13.5. The Morgan fingerprint density at radius 3 is 2.36 bits per heavy atom. The van der Waals surface area contributed by atoms with Gasteiger partial charge in [-0.1, -0.05) is 48.5 Å². The van der Waals surface area contributed by atoms with Crippen LogP contribution in [0.3, 0.4) is 0 Å². The minimum absolute atomic E-state index is 0.0521. The summed E-state index contributed by atoms with van der Waals surface area (Å²) in [6.07, 6.45) is 3.09. The molecule has 2 heterocycles. The van der Waals surface area contributed by atoms with Crippen LogP contribution in [0.5, 0.6) is 0 Å². The number of hydrogen-bond acceptors (Lipinski definition) is 3. The third-order valence-corrected chi connectivity index (χ3v) is 7.78. The monoisotopic (exact) mass is 521 g/mol. The largest absolute Gasteiger partial charge is 0.444 e. The first-order valence-corrected chi connectivity index (χ1v) is 13.7. The minimum atomic E-state index is -0.520. The van der Waals surface area contributed by atoms with Crippen LogP contribution >= 0.6 is 0 Å². The van der Waals surface area contributed by atoms with Crippen molar-refractivity contribution in [3.63, 3.8) is 0 Å². The molecule has 1 aliphatic carbocycles. The van der Waals surface area contributed by atoms with Crippen LogP contribution in [0.25, 0.3) is 27.7 Å². The van der Waals surface area contributed by atoms with Crippen LogP contribution in [0.2, 0.25) is 0 Å². The second kappa shape index (κ2) is 9.30. The molecule has 39 heavy (non-hydrogen) atoms. The molecule has 1 aromatic heterocycles. The number of benzene rings is 3. The lowest BCUT2D eigenvalue weighted by atomic mass is 9.99. The molecule has 200 valence electrons. The van der Waals surface area contributed by atoms with Crippen molar-refractivity contribution in [1.82, 2.24) is 14.8 Å². The smallest absolute Gasteiger partial charge is 0.408 e. The van der Waals surface area contributed by atoms with Gasteiger partial charge in [0.2, 0.25) is 0 Å². The van der Waals surface area contributed by atoms with E-state index in [1.54, 1.807) is 0 Å². The van der Waals surface area contributed by atoms with Crippen molar-refractivity contribution in [2.45, 2.75) is 57.6 Å². The number of carbonyl (C=O) groups is 2. The molecule has 3 aromatic carbocycles. The molecular formula is C33H35N3O3. The Balaban J connectivity index is 1.34. The standard InChI is InChI=1S/C33H35N3O3/c1-32(2,3)39-31(38)34-33(17-18-33)21-22-10-13-25(14-11-22)36-28-15-12-24(23-8-6-5-7-9-23)20-27(28)26-16-19-35(4)30(37)29(26)36/h5-15,20H,16-19,21H2,1-4H3,(H,34,38). The van der Waals surface area contributed by atoms with Gasteiger partial charge in [0.1, 0.15) is 11.3 Å². The highest BCUT2D eigenvalue weighted by Crippen LogP contribution is 2.40. The summed E-state index contributed by atoms with van der Waals surface area (Å²) in [5.74, 6) is 0.0521. The predicted octanol–water partition coefficient (Wildman–Crippen LogP) is 6.53. The summed E-state index contributed by atoms with van der Waals surface area (Å²) in [5.41, 5.74) is 6.58. The van der Waals surface area contributed by atoms with Gasteiger partial charge in [-0.05, 0) is 93.0 Å². The molecule has 1 saturated carbocycles. The zero-order valence-corrected chi connectivity index (χ0v) is 23.1. The minimum Gasteiger partial charge on any atom is -0.444 e. The van der Waals surface area contributed by atoms with E-state index in [4.69, 9.17) is 4.74 Å². The third-order valence-electron chi connectivity index (χ3n) is 7.78. The van der Waals surface area contributed by atoms with Crippen molar-refractivity contribution in [2.24, 2.45) is 0 Å². The third kappa shape index (κ3) is 4.91. The molecule has 0 radical (unpaired) electrons. The lowest BCUT2D eigenvalue weighted by molar-refractivity contribution is 0.0496. The molecule has 0 atom stereocenters. The molecule has 4 aromatic rings. The first-order valence-electron chi connectivity index (χ1n) is 13.7. The molecule has 1 N–H and O–H groups in total. The molecule has 1 aliphatic heterocycles. The Kier molecular flexibility index (Phi) is 6.01. The van der Waals surface area contributed by atoms with E-state index in [0.29, 0.717) is 6.54 Å². The summed E-state index contributed by atoms with van der Waals surface area (Å²) in [6, 6.07) is 25.3. The van der Waals surface area contributed by atoms with E-state index in [9.17, 15) is 9.59 Å². The van der Waals surface area contributed by atoms with Crippen molar-refractivity contribution in [1.29, 1.82) is 0 Å². The highest BCUT2D eigenvalue weighted by atomic mass is 16.6. The van der Waals surface area contributed by atoms with Gasteiger partial charge >= 0.3 is 6.09 Å². The summed E-state index contributed by atoms with van der Waals surface area (Å²) in [7, 11) is 1.87. The van der Waals surface area contributed by atoms with Crippen molar-refractivity contribution in [3.8, 4) is 16.8 Å². The summed E-state index contributed by atoms with van der Waals surface area (Å²) < 4.78 is 7.60. The van der Waals surface area contributed by atoms with Crippen molar-refractivity contribution >= 4 is 22.9 Å². The van der Waals surface area contributed by atoms with E-state index in [0.717, 1.165) is 64.7 Å². The number of nitrogens with one attached hydrogen (secondary N) is 1. The van der Waals surface area contributed by atoms with Gasteiger partial charge in [-0.3, -0.25) is 4.79 Å². The Morgan fingerprint density at radius 2 is 1.69 bits per heavy atom. The molecule has 1 fully saturated rings. The van der Waals surface area contributed by atoms with Gasteiger partial charge in [0, 0.05) is 30.2 Å². The maximum Gasteiger partial charge on any atom is 0.408 e. The highest BCUT2D eigenvalue weighted by molar-refractivity contribution is 6.04. The summed E-state index contributed by atoms with van der Waals surface area (Å²) in [4.78, 5) is 27.6. The fraction of sp³-hybridized carbons (Fsp3) is 0.333. The fourth-order valence-corrected chi connectivity index (χ4v) is 5.64. The number of nitrogens with zero attached hydrogens (tertiary/aromatic N) is 2. The molecule has 6 rings (SSSR count). The van der Waals surface area contributed by atoms with Crippen LogP contribution in [0, 0.1) is 0 Å². The number of fused-ring (bicyclic) bond motifs is 3. The van der Waals surface area contributed by atoms with Crippen LogP contribution in [-0.4, -0.2) is 46.2 Å². The second-order valence-electron chi connectivity index (χ2n) is 12.0. The second-order valence-corrected chi connectivity index (χ2v) is 12.0. The number of hydrogen-bond donors (Lipinski definition) is 1. The van der Waals surface area contributed by atoms with Crippen molar-refractivity contribution in [3.05, 3.63) is 89.6 Å². The summed E-state index contributed by atoms with van der Waals surface area (Å²) >= 11 is 0. The van der Waals surface area contributed by atoms with E-state index in [-0.39, 0.29) is 17.5 Å². The SMILES string of the molecule is CN1CCc2c(n(-c3ccc(CC4(NC(=O)OC(C)(C)C)CC4)cc3)c3ccc(-c4ccccc4)cc23)C1=O. The van der Waals surface area contributed by atoms with Gasteiger partial charge in [-0.25, -0.2) is 4.79 Å². The normalized spacial score (nSPS) is 16.2. The number of alkyl carbamates (subject to hydrolysis) is 1. The fourth-order valence-electron chi connectivity index (χ4n) is 5.64. The van der Waals surface area contributed by atoms with Gasteiger partial charge in [0.15, 0.2) is 0 Å². The quantitative estimate of drug-likeness (QED) is 0.325. The van der Waals surface area contributed by atoms with Crippen LogP contribution in [0.4, 0.5) is 4.79 Å². The lowest BCUT2D eigenvalue weighted by Gasteiger charge is -2.24. The zero-order chi connectivity index (χ0) is 27.4. The molecule has 2 aliphatic rings. The molecule has 0 saturated heterocycles. The molecule has 6 nitrogen and oxygen atoms in total. The maximum absolute atomic E-state index is 13.5. The number of rotatable bonds is 5. The Hall–Kier alpha value is -4.06. The Bertz CT molecular complexity index is 1560. The molecule has 2 amide bonds. The van der Waals surface area contributed by atoms with Gasteiger partial charge in [0.05, 0.1) is 5.52 Å². The topological polar surface area (TPSA) is 63.6 Å². The first kappa shape index (κ1) is 25.2. The van der Waals surface area contributed by atoms with E-state index in [1.165, 1.54) is 5.56 Å². The lowest BCUT2D eigenvalue weighted by Crippen LogP contribution is -2.41. The number of carbonyl (C=O) groups excluding carboxylic acids is 2. The van der Waals surface area contributed by atoms with Crippen molar-refractivity contribution < 1.29 is 14.3 Å². The zero-order valence-electron chi connectivity index (χ0n) is 23.1. The first-order chi connectivity index (χ1) is 18.6. The molecule has 0 bridgehead atoms. The van der Waals surface area contributed by atoms with Gasteiger partial charge < -0.3 is 19.5 Å². The van der Waals surface area contributed by atoms with E-state index < -0.39 is 5.60 Å². The number of ether oxygens (including phenoxy) is 1. The Morgan fingerprint density at radius 1 is 0.974 bits per heavy atom. The Labute approximate surface area is 229 Å². The number of aromatic nitrogens is 1. The van der Waals surface area contributed by atoms with E-state index in [2.05, 4.69) is 76.6 Å². The van der Waals surface area contributed by atoms with Gasteiger partial charge in [-0.15, -0.1) is 0 Å². The average molecular weight is 522 g/mol. The number of amides is 2. The molecule has 6 heteroatoms. The highest BCUT2D eigenvalue weighted by Gasteiger charge is 2.45. The average Bonchev–Trinajstić information content (AvgIpc) is 3.56.